The Bertz CT molecular complexity index is 646. The normalized spacial score (nSPS) is 23.9. The lowest BCUT2D eigenvalue weighted by atomic mass is 9.89. The smallest absolute Gasteiger partial charge is 0.144 e. The molecule has 6 heteroatoms. The van der Waals surface area contributed by atoms with E-state index in [4.69, 9.17) is 15.2 Å². The summed E-state index contributed by atoms with van der Waals surface area (Å²) >= 11 is 0. The second-order valence-corrected chi connectivity index (χ2v) is 8.60. The maximum atomic E-state index is 6.41. The molecule has 28 heavy (non-hydrogen) atoms. The van der Waals surface area contributed by atoms with Gasteiger partial charge in [-0.1, -0.05) is 0 Å². The molecule has 3 heterocycles. The largest absolute Gasteiger partial charge is 0.495 e. The maximum Gasteiger partial charge on any atom is 0.144 e. The lowest BCUT2D eigenvalue weighted by Gasteiger charge is -2.43. The van der Waals surface area contributed by atoms with Gasteiger partial charge in [0.1, 0.15) is 5.75 Å². The fourth-order valence-corrected chi connectivity index (χ4v) is 5.03. The van der Waals surface area contributed by atoms with Crippen LogP contribution in [-0.4, -0.2) is 82.5 Å². The number of anilines is 2. The number of rotatable bonds is 4. The van der Waals surface area contributed by atoms with E-state index in [1.165, 1.54) is 50.3 Å². The summed E-state index contributed by atoms with van der Waals surface area (Å²) in [6, 6.07) is 5.06. The number of hydrogen-bond acceptors (Lipinski definition) is 6. The van der Waals surface area contributed by atoms with Crippen molar-refractivity contribution in [2.24, 2.45) is 0 Å². The lowest BCUT2D eigenvalue weighted by molar-refractivity contribution is 0.0854. The number of hydrogen-bond donors (Lipinski definition) is 1. The predicted octanol–water partition coefficient (Wildman–Crippen LogP) is 2.39. The Labute approximate surface area is 169 Å². The van der Waals surface area contributed by atoms with Gasteiger partial charge in [0.15, 0.2) is 0 Å². The summed E-state index contributed by atoms with van der Waals surface area (Å²) in [4.78, 5) is 7.64. The molecule has 0 spiro atoms. The highest BCUT2D eigenvalue weighted by Gasteiger charge is 2.29. The van der Waals surface area contributed by atoms with E-state index in [0.717, 1.165) is 56.6 Å². The third-order valence-corrected chi connectivity index (χ3v) is 6.91. The van der Waals surface area contributed by atoms with Gasteiger partial charge in [0, 0.05) is 70.3 Å². The first-order valence-corrected chi connectivity index (χ1v) is 10.9. The number of piperidine rings is 1. The number of ether oxygens (including phenoxy) is 2. The van der Waals surface area contributed by atoms with Gasteiger partial charge in [0.05, 0.1) is 12.8 Å². The number of methoxy groups -OCH3 is 1. The fourth-order valence-electron chi connectivity index (χ4n) is 5.03. The van der Waals surface area contributed by atoms with E-state index in [1.54, 1.807) is 7.11 Å². The van der Waals surface area contributed by atoms with E-state index < -0.39 is 0 Å². The molecule has 4 rings (SSSR count). The Balaban J connectivity index is 1.46. The van der Waals surface area contributed by atoms with Crippen LogP contribution < -0.4 is 15.4 Å². The van der Waals surface area contributed by atoms with Crippen molar-refractivity contribution in [2.45, 2.75) is 37.6 Å². The van der Waals surface area contributed by atoms with Gasteiger partial charge in [-0.05, 0) is 50.3 Å². The first-order chi connectivity index (χ1) is 13.7. The molecule has 156 valence electrons. The predicted molar refractivity (Wildman–Crippen MR) is 115 cm³/mol. The number of benzene rings is 1. The summed E-state index contributed by atoms with van der Waals surface area (Å²) in [5, 5.41) is 0. The molecular formula is C22H36N4O2. The van der Waals surface area contributed by atoms with Crippen molar-refractivity contribution >= 4 is 11.4 Å². The fraction of sp³-hybridized carbons (Fsp3) is 0.727. The molecule has 0 aromatic heterocycles. The minimum absolute atomic E-state index is 0.501. The van der Waals surface area contributed by atoms with Gasteiger partial charge >= 0.3 is 0 Å². The Morgan fingerprint density at radius 3 is 2.29 bits per heavy atom. The highest BCUT2D eigenvalue weighted by atomic mass is 16.5. The van der Waals surface area contributed by atoms with Gasteiger partial charge in [-0.25, -0.2) is 0 Å². The first kappa shape index (κ1) is 19.8. The van der Waals surface area contributed by atoms with Gasteiger partial charge in [0.2, 0.25) is 0 Å². The molecule has 3 aliphatic rings. The number of likely N-dealkylation sites (N-methyl/N-ethyl adjacent to an activating group) is 1. The molecule has 0 radical (unpaired) electrons. The summed E-state index contributed by atoms with van der Waals surface area (Å²) < 4.78 is 11.3. The van der Waals surface area contributed by atoms with Crippen LogP contribution in [0, 0.1) is 0 Å². The van der Waals surface area contributed by atoms with Crippen molar-refractivity contribution in [3.63, 3.8) is 0 Å². The van der Waals surface area contributed by atoms with Crippen LogP contribution in [0.3, 0.4) is 0 Å². The molecule has 0 atom stereocenters. The lowest BCUT2D eigenvalue weighted by Crippen LogP contribution is -2.52. The molecule has 0 saturated carbocycles. The molecule has 2 N–H and O–H groups in total. The second-order valence-electron chi connectivity index (χ2n) is 8.60. The number of nitrogens with two attached hydrogens (primary N) is 1. The summed E-state index contributed by atoms with van der Waals surface area (Å²) in [7, 11) is 3.98. The summed E-state index contributed by atoms with van der Waals surface area (Å²) in [6.45, 7) is 8.65. The van der Waals surface area contributed by atoms with Crippen LogP contribution >= 0.6 is 0 Å². The quantitative estimate of drug-likeness (QED) is 0.800. The maximum absolute atomic E-state index is 6.41. The third-order valence-electron chi connectivity index (χ3n) is 6.91. The summed E-state index contributed by atoms with van der Waals surface area (Å²) in [5.41, 5.74) is 9.76. The molecule has 6 nitrogen and oxygen atoms in total. The molecular weight excluding hydrogens is 352 g/mol. The topological polar surface area (TPSA) is 54.2 Å². The first-order valence-electron chi connectivity index (χ1n) is 10.9. The zero-order valence-electron chi connectivity index (χ0n) is 17.5. The summed E-state index contributed by atoms with van der Waals surface area (Å²) in [5.74, 6) is 1.41. The number of piperazine rings is 1. The Kier molecular flexibility index (Phi) is 6.28. The molecule has 0 amide bonds. The molecule has 3 fully saturated rings. The van der Waals surface area contributed by atoms with Gasteiger partial charge in [-0.15, -0.1) is 0 Å². The zero-order valence-corrected chi connectivity index (χ0v) is 17.5. The van der Waals surface area contributed by atoms with E-state index in [2.05, 4.69) is 27.8 Å². The molecule has 3 aliphatic heterocycles. The Morgan fingerprint density at radius 1 is 0.964 bits per heavy atom. The SMILES string of the molecule is COc1cc(N)c(C2CCOCC2)cc1N1CCC(N2CCN(C)CC2)CC1. The number of nitrogens with zero attached hydrogens (tertiary/aromatic N) is 3. The minimum Gasteiger partial charge on any atom is -0.495 e. The monoisotopic (exact) mass is 388 g/mol. The van der Waals surface area contributed by atoms with Crippen LogP contribution in [-0.2, 0) is 4.74 Å². The van der Waals surface area contributed by atoms with E-state index in [9.17, 15) is 0 Å². The van der Waals surface area contributed by atoms with Gasteiger partial charge in [0.25, 0.3) is 0 Å². The molecule has 0 bridgehead atoms. The van der Waals surface area contributed by atoms with Gasteiger partial charge < -0.3 is 25.0 Å². The Morgan fingerprint density at radius 2 is 1.64 bits per heavy atom. The van der Waals surface area contributed by atoms with E-state index >= 15 is 0 Å². The van der Waals surface area contributed by atoms with Crippen LogP contribution in [0.2, 0.25) is 0 Å². The van der Waals surface area contributed by atoms with Crippen molar-refractivity contribution in [1.82, 2.24) is 9.80 Å². The van der Waals surface area contributed by atoms with E-state index in [0.29, 0.717) is 5.92 Å². The van der Waals surface area contributed by atoms with E-state index in [1.807, 2.05) is 6.07 Å². The molecule has 3 saturated heterocycles. The van der Waals surface area contributed by atoms with Crippen LogP contribution in [0.4, 0.5) is 11.4 Å². The number of nitrogen functional groups attached to an aromatic ring is 1. The van der Waals surface area contributed by atoms with Crippen LogP contribution in [0.5, 0.6) is 5.75 Å². The van der Waals surface area contributed by atoms with Gasteiger partial charge in [-0.3, -0.25) is 4.90 Å². The second kappa shape index (κ2) is 8.89. The standard InChI is InChI=1S/C22H36N4O2/c1-24-9-11-25(12-10-24)18-3-7-26(8-4-18)21-15-19(17-5-13-28-14-6-17)20(23)16-22(21)27-2/h15-18H,3-14,23H2,1-2H3. The molecule has 0 aliphatic carbocycles. The van der Waals surface area contributed by atoms with Crippen molar-refractivity contribution in [2.75, 3.05) is 77.3 Å². The Hall–Kier alpha value is -1.50. The molecule has 1 aromatic rings. The van der Waals surface area contributed by atoms with Crippen molar-refractivity contribution in [3.8, 4) is 5.75 Å². The van der Waals surface area contributed by atoms with E-state index in [-0.39, 0.29) is 0 Å². The van der Waals surface area contributed by atoms with Crippen LogP contribution in [0.1, 0.15) is 37.2 Å². The van der Waals surface area contributed by atoms with Crippen molar-refractivity contribution in [3.05, 3.63) is 17.7 Å². The third kappa shape index (κ3) is 4.24. The highest BCUT2D eigenvalue weighted by Crippen LogP contribution is 2.40. The van der Waals surface area contributed by atoms with Crippen molar-refractivity contribution in [1.29, 1.82) is 0 Å². The zero-order chi connectivity index (χ0) is 19.5. The molecule has 0 unspecified atom stereocenters. The van der Waals surface area contributed by atoms with Crippen LogP contribution in [0.15, 0.2) is 12.1 Å². The van der Waals surface area contributed by atoms with Crippen LogP contribution in [0.25, 0.3) is 0 Å². The molecule has 1 aromatic carbocycles. The average Bonchev–Trinajstić information content (AvgIpc) is 2.75. The minimum atomic E-state index is 0.501. The summed E-state index contributed by atoms with van der Waals surface area (Å²) in [6.07, 6.45) is 4.57. The highest BCUT2D eigenvalue weighted by molar-refractivity contribution is 5.68. The van der Waals surface area contributed by atoms with Crippen molar-refractivity contribution < 1.29 is 9.47 Å². The van der Waals surface area contributed by atoms with Gasteiger partial charge in [-0.2, -0.15) is 0 Å². The average molecular weight is 389 g/mol.